The van der Waals surface area contributed by atoms with Crippen LogP contribution in [0.3, 0.4) is 0 Å². The lowest BCUT2D eigenvalue weighted by molar-refractivity contribution is 0.710. The first kappa shape index (κ1) is 8.23. The van der Waals surface area contributed by atoms with Crippen molar-refractivity contribution in [3.63, 3.8) is 0 Å². The van der Waals surface area contributed by atoms with Crippen LogP contribution in [-0.2, 0) is 0 Å². The van der Waals surface area contributed by atoms with Gasteiger partial charge in [0.2, 0.25) is 0 Å². The molecule has 3 heteroatoms. The topological polar surface area (TPSA) is 41.6 Å². The minimum atomic E-state index is 0.527. The highest BCUT2D eigenvalue weighted by Crippen LogP contribution is 2.19. The van der Waals surface area contributed by atoms with Gasteiger partial charge < -0.3 is 0 Å². The Morgan fingerprint density at radius 1 is 1.46 bits per heavy atom. The van der Waals surface area contributed by atoms with Crippen molar-refractivity contribution >= 4 is 10.9 Å². The van der Waals surface area contributed by atoms with Crippen LogP contribution in [0.4, 0.5) is 0 Å². The Kier molecular flexibility index (Phi) is 2.00. The summed E-state index contributed by atoms with van der Waals surface area (Å²) in [5.41, 5.74) is 2.16. The van der Waals surface area contributed by atoms with Gasteiger partial charge in [0.05, 0.1) is 17.9 Å². The molecule has 1 atom stereocenters. The van der Waals surface area contributed by atoms with Gasteiger partial charge in [-0.25, -0.2) is 0 Å². The van der Waals surface area contributed by atoms with E-state index in [-0.39, 0.29) is 0 Å². The molecule has 0 amide bonds. The van der Waals surface area contributed by atoms with E-state index >= 15 is 0 Å². The lowest BCUT2D eigenvalue weighted by atomic mass is 10.0. The van der Waals surface area contributed by atoms with Crippen molar-refractivity contribution < 1.29 is 0 Å². The number of aromatic nitrogens is 3. The van der Waals surface area contributed by atoms with E-state index in [0.717, 1.165) is 23.0 Å². The van der Waals surface area contributed by atoms with E-state index in [1.54, 1.807) is 0 Å². The highest BCUT2D eigenvalue weighted by molar-refractivity contribution is 5.77. The zero-order chi connectivity index (χ0) is 9.26. The van der Waals surface area contributed by atoms with Crippen LogP contribution in [0.2, 0.25) is 0 Å². The number of nitrogens with zero attached hydrogens (tertiary/aromatic N) is 2. The largest absolute Gasteiger partial charge is 0.276 e. The number of nitrogens with one attached hydrogen (secondary N) is 1. The molecule has 13 heavy (non-hydrogen) atoms. The van der Waals surface area contributed by atoms with Gasteiger partial charge in [0.25, 0.3) is 0 Å². The van der Waals surface area contributed by atoms with Gasteiger partial charge in [-0.05, 0) is 18.4 Å². The van der Waals surface area contributed by atoms with Crippen LogP contribution < -0.4 is 0 Å². The maximum absolute atomic E-state index is 4.38. The predicted molar refractivity (Wildman–Crippen MR) is 52.6 cm³/mol. The third-order valence-corrected chi connectivity index (χ3v) is 2.46. The minimum absolute atomic E-state index is 0.527. The fourth-order valence-corrected chi connectivity index (χ4v) is 1.34. The first-order valence-electron chi connectivity index (χ1n) is 4.60. The molecule has 0 saturated heterocycles. The molecular formula is C10H13N3. The number of hydrogen-bond donors (Lipinski definition) is 1. The SMILES string of the molecule is CCC(C)c1cc2cn[nH]c2cn1. The molecular weight excluding hydrogens is 162 g/mol. The second kappa shape index (κ2) is 3.17. The maximum atomic E-state index is 4.38. The quantitative estimate of drug-likeness (QED) is 0.761. The number of fused-ring (bicyclic) bond motifs is 1. The number of H-pyrrole nitrogens is 1. The molecule has 0 bridgehead atoms. The second-order valence-electron chi connectivity index (χ2n) is 3.38. The molecule has 1 unspecified atom stereocenters. The van der Waals surface area contributed by atoms with Crippen LogP contribution in [0.1, 0.15) is 31.9 Å². The van der Waals surface area contributed by atoms with Gasteiger partial charge in [0, 0.05) is 11.1 Å². The molecule has 0 fully saturated rings. The van der Waals surface area contributed by atoms with Crippen LogP contribution in [0, 0.1) is 0 Å². The van der Waals surface area contributed by atoms with Crippen LogP contribution in [0.5, 0.6) is 0 Å². The second-order valence-corrected chi connectivity index (χ2v) is 3.38. The molecule has 0 spiro atoms. The van der Waals surface area contributed by atoms with Crippen molar-refractivity contribution in [1.29, 1.82) is 0 Å². The summed E-state index contributed by atoms with van der Waals surface area (Å²) in [6, 6.07) is 2.10. The van der Waals surface area contributed by atoms with Gasteiger partial charge in [0.1, 0.15) is 0 Å². The van der Waals surface area contributed by atoms with Crippen molar-refractivity contribution in [2.45, 2.75) is 26.2 Å². The average molecular weight is 175 g/mol. The average Bonchev–Trinajstić information content (AvgIpc) is 2.63. The summed E-state index contributed by atoms with van der Waals surface area (Å²) in [6.45, 7) is 4.36. The number of pyridine rings is 1. The van der Waals surface area contributed by atoms with Gasteiger partial charge in [0.15, 0.2) is 0 Å². The lowest BCUT2D eigenvalue weighted by Gasteiger charge is -2.06. The Bertz CT molecular complexity index is 405. The molecule has 2 aromatic rings. The summed E-state index contributed by atoms with van der Waals surface area (Å²) in [6.07, 6.45) is 4.81. The molecule has 2 heterocycles. The van der Waals surface area contributed by atoms with Crippen LogP contribution >= 0.6 is 0 Å². The predicted octanol–water partition coefficient (Wildman–Crippen LogP) is 2.47. The van der Waals surface area contributed by atoms with E-state index in [0.29, 0.717) is 5.92 Å². The van der Waals surface area contributed by atoms with E-state index in [1.165, 1.54) is 0 Å². The Morgan fingerprint density at radius 2 is 2.31 bits per heavy atom. The van der Waals surface area contributed by atoms with Crippen LogP contribution in [-0.4, -0.2) is 15.2 Å². The van der Waals surface area contributed by atoms with Crippen molar-refractivity contribution in [3.05, 3.63) is 24.2 Å². The Labute approximate surface area is 77.2 Å². The maximum Gasteiger partial charge on any atom is 0.0833 e. The molecule has 0 aliphatic heterocycles. The number of aromatic amines is 1. The highest BCUT2D eigenvalue weighted by atomic mass is 15.1. The zero-order valence-electron chi connectivity index (χ0n) is 7.91. The molecule has 2 rings (SSSR count). The Morgan fingerprint density at radius 3 is 3.08 bits per heavy atom. The van der Waals surface area contributed by atoms with Gasteiger partial charge in [-0.1, -0.05) is 13.8 Å². The summed E-state index contributed by atoms with van der Waals surface area (Å²) in [4.78, 5) is 4.38. The van der Waals surface area contributed by atoms with E-state index in [9.17, 15) is 0 Å². The third kappa shape index (κ3) is 1.41. The van der Waals surface area contributed by atoms with Crippen LogP contribution in [0.25, 0.3) is 10.9 Å². The van der Waals surface area contributed by atoms with Crippen LogP contribution in [0.15, 0.2) is 18.5 Å². The summed E-state index contributed by atoms with van der Waals surface area (Å²) in [7, 11) is 0. The molecule has 1 N–H and O–H groups in total. The standard InChI is InChI=1S/C10H13N3/c1-3-7(2)9-4-8-5-12-13-10(8)6-11-9/h4-7H,3H2,1-2H3,(H,12,13). The fourth-order valence-electron chi connectivity index (χ4n) is 1.34. The van der Waals surface area contributed by atoms with Gasteiger partial charge in [-0.3, -0.25) is 10.1 Å². The fraction of sp³-hybridized carbons (Fsp3) is 0.400. The normalized spacial score (nSPS) is 13.4. The highest BCUT2D eigenvalue weighted by Gasteiger charge is 2.05. The minimum Gasteiger partial charge on any atom is -0.276 e. The van der Waals surface area contributed by atoms with Crippen molar-refractivity contribution in [3.8, 4) is 0 Å². The zero-order valence-corrected chi connectivity index (χ0v) is 7.91. The molecule has 0 aromatic carbocycles. The molecule has 68 valence electrons. The van der Waals surface area contributed by atoms with E-state index in [1.807, 2.05) is 12.4 Å². The van der Waals surface area contributed by atoms with E-state index < -0.39 is 0 Å². The van der Waals surface area contributed by atoms with Crippen molar-refractivity contribution in [2.75, 3.05) is 0 Å². The molecule has 2 aromatic heterocycles. The van der Waals surface area contributed by atoms with Gasteiger partial charge in [-0.2, -0.15) is 5.10 Å². The molecule has 3 nitrogen and oxygen atoms in total. The molecule has 0 saturated carbocycles. The molecule has 0 aliphatic carbocycles. The van der Waals surface area contributed by atoms with E-state index in [4.69, 9.17) is 0 Å². The van der Waals surface area contributed by atoms with Gasteiger partial charge in [-0.15, -0.1) is 0 Å². The van der Waals surface area contributed by atoms with Crippen molar-refractivity contribution in [1.82, 2.24) is 15.2 Å². The number of hydrogen-bond acceptors (Lipinski definition) is 2. The number of rotatable bonds is 2. The third-order valence-electron chi connectivity index (χ3n) is 2.46. The summed E-state index contributed by atoms with van der Waals surface area (Å²) < 4.78 is 0. The van der Waals surface area contributed by atoms with E-state index in [2.05, 4.69) is 35.1 Å². The summed E-state index contributed by atoms with van der Waals surface area (Å²) in [5.74, 6) is 0.527. The summed E-state index contributed by atoms with van der Waals surface area (Å²) >= 11 is 0. The first-order valence-corrected chi connectivity index (χ1v) is 4.60. The molecule has 0 aliphatic rings. The smallest absolute Gasteiger partial charge is 0.0833 e. The monoisotopic (exact) mass is 175 g/mol. The first-order chi connectivity index (χ1) is 6.31. The summed E-state index contributed by atoms with van der Waals surface area (Å²) in [5, 5.41) is 8.00. The van der Waals surface area contributed by atoms with Gasteiger partial charge >= 0.3 is 0 Å². The Balaban J connectivity index is 2.48. The lowest BCUT2D eigenvalue weighted by Crippen LogP contribution is -1.94. The Hall–Kier alpha value is -1.38. The van der Waals surface area contributed by atoms with Crippen molar-refractivity contribution in [2.24, 2.45) is 0 Å². The molecule has 0 radical (unpaired) electrons.